The average Bonchev–Trinajstić information content (AvgIpc) is 2.58. The van der Waals surface area contributed by atoms with Gasteiger partial charge in [-0.1, -0.05) is 72.8 Å². The lowest BCUT2D eigenvalue weighted by molar-refractivity contribution is 0.282. The molecule has 0 saturated carbocycles. The Kier molecular flexibility index (Phi) is 5.34. The molecule has 0 spiro atoms. The minimum absolute atomic E-state index is 0.217. The molecule has 128 valence electrons. The lowest BCUT2D eigenvalue weighted by atomic mass is 9.98. The van der Waals surface area contributed by atoms with Crippen molar-refractivity contribution in [3.63, 3.8) is 0 Å². The summed E-state index contributed by atoms with van der Waals surface area (Å²) in [5.74, 6) is 0.217. The second-order valence-electron chi connectivity index (χ2n) is 5.85. The summed E-state index contributed by atoms with van der Waals surface area (Å²) in [7, 11) is -4.60. The molecule has 0 amide bonds. The van der Waals surface area contributed by atoms with Crippen LogP contribution in [0.4, 0.5) is 0 Å². The van der Waals surface area contributed by atoms with Crippen molar-refractivity contribution in [2.24, 2.45) is 0 Å². The largest absolute Gasteiger partial charge is 0.524 e. The van der Waals surface area contributed by atoms with Gasteiger partial charge in [0.15, 0.2) is 0 Å². The van der Waals surface area contributed by atoms with Gasteiger partial charge in [0, 0.05) is 6.42 Å². The van der Waals surface area contributed by atoms with Crippen molar-refractivity contribution in [3.05, 3.63) is 101 Å². The normalized spacial score (nSPS) is 11.3. The predicted molar refractivity (Wildman–Crippen MR) is 97.6 cm³/mol. The maximum Gasteiger partial charge on any atom is 0.524 e. The lowest BCUT2D eigenvalue weighted by Crippen LogP contribution is -1.99. The first-order chi connectivity index (χ1) is 12.0. The predicted octanol–water partition coefficient (Wildman–Crippen LogP) is 4.34. The van der Waals surface area contributed by atoms with Crippen LogP contribution in [0.15, 0.2) is 78.9 Å². The summed E-state index contributed by atoms with van der Waals surface area (Å²) < 4.78 is 16.1. The van der Waals surface area contributed by atoms with E-state index in [1.165, 1.54) is 5.56 Å². The molecule has 0 atom stereocenters. The van der Waals surface area contributed by atoms with Gasteiger partial charge in [0.05, 0.1) is 0 Å². The Labute approximate surface area is 147 Å². The van der Waals surface area contributed by atoms with E-state index in [0.717, 1.165) is 23.1 Å². The first-order valence-electron chi connectivity index (χ1n) is 7.94. The molecule has 3 aromatic rings. The maximum atomic E-state index is 11.3. The van der Waals surface area contributed by atoms with E-state index in [-0.39, 0.29) is 5.75 Å². The van der Waals surface area contributed by atoms with Crippen molar-refractivity contribution in [3.8, 4) is 5.75 Å². The Balaban J connectivity index is 1.92. The van der Waals surface area contributed by atoms with Crippen molar-refractivity contribution >= 4 is 7.82 Å². The standard InChI is InChI=1S/C20H19O4P/c21-25(22,23)24-20-12-11-18(13-16-7-3-1-4-8-16)15-19(20)14-17-9-5-2-6-10-17/h1-12,15H,13-14H2,(H2,21,22,23). The SMILES string of the molecule is O=P(O)(O)Oc1ccc(Cc2ccccc2)cc1Cc1ccccc1. The smallest absolute Gasteiger partial charge is 0.404 e. The third-order valence-corrected chi connectivity index (χ3v) is 4.27. The zero-order chi connectivity index (χ0) is 17.7. The van der Waals surface area contributed by atoms with Crippen molar-refractivity contribution in [1.29, 1.82) is 0 Å². The van der Waals surface area contributed by atoms with E-state index in [0.29, 0.717) is 6.42 Å². The fourth-order valence-electron chi connectivity index (χ4n) is 2.75. The minimum atomic E-state index is -4.60. The second kappa shape index (κ2) is 7.66. The van der Waals surface area contributed by atoms with Crippen LogP contribution < -0.4 is 4.52 Å². The third kappa shape index (κ3) is 5.30. The molecule has 3 aromatic carbocycles. The van der Waals surface area contributed by atoms with Crippen molar-refractivity contribution in [2.45, 2.75) is 12.8 Å². The molecule has 4 nitrogen and oxygen atoms in total. The van der Waals surface area contributed by atoms with Gasteiger partial charge in [-0.2, -0.15) is 0 Å². The van der Waals surface area contributed by atoms with E-state index < -0.39 is 7.82 Å². The Hall–Kier alpha value is -2.39. The van der Waals surface area contributed by atoms with Crippen molar-refractivity contribution < 1.29 is 18.9 Å². The number of phosphoric ester groups is 1. The van der Waals surface area contributed by atoms with Crippen molar-refractivity contribution in [1.82, 2.24) is 0 Å². The molecule has 0 heterocycles. The molecule has 0 radical (unpaired) electrons. The van der Waals surface area contributed by atoms with Crippen LogP contribution in [0.1, 0.15) is 22.3 Å². The average molecular weight is 354 g/mol. The van der Waals surface area contributed by atoms with Gasteiger partial charge in [-0.3, -0.25) is 9.79 Å². The Morgan fingerprint density at radius 1 is 0.720 bits per heavy atom. The van der Waals surface area contributed by atoms with Crippen molar-refractivity contribution in [2.75, 3.05) is 0 Å². The third-order valence-electron chi connectivity index (χ3n) is 3.83. The van der Waals surface area contributed by atoms with Gasteiger partial charge >= 0.3 is 7.82 Å². The molecule has 0 bridgehead atoms. The quantitative estimate of drug-likeness (QED) is 0.646. The van der Waals surface area contributed by atoms with Gasteiger partial charge in [0.25, 0.3) is 0 Å². The Morgan fingerprint density at radius 3 is 1.84 bits per heavy atom. The van der Waals surface area contributed by atoms with E-state index in [9.17, 15) is 4.57 Å². The summed E-state index contributed by atoms with van der Waals surface area (Å²) in [4.78, 5) is 18.3. The van der Waals surface area contributed by atoms with Gasteiger partial charge in [0.1, 0.15) is 5.75 Å². The molecule has 3 rings (SSSR count). The number of rotatable bonds is 6. The molecule has 0 saturated heterocycles. The highest BCUT2D eigenvalue weighted by Crippen LogP contribution is 2.40. The fraction of sp³-hybridized carbons (Fsp3) is 0.100. The molecule has 0 aliphatic rings. The number of hydrogen-bond donors (Lipinski definition) is 2. The monoisotopic (exact) mass is 354 g/mol. The Bertz CT molecular complexity index is 873. The topological polar surface area (TPSA) is 66.8 Å². The summed E-state index contributed by atoms with van der Waals surface area (Å²) >= 11 is 0. The van der Waals surface area contributed by atoms with Gasteiger partial charge < -0.3 is 4.52 Å². The molecular formula is C20H19O4P. The number of benzene rings is 3. The molecule has 0 unspecified atom stereocenters. The van der Waals surface area contributed by atoms with Gasteiger partial charge in [-0.15, -0.1) is 0 Å². The number of hydrogen-bond acceptors (Lipinski definition) is 2. The van der Waals surface area contributed by atoms with Crippen LogP contribution in [0.25, 0.3) is 0 Å². The van der Waals surface area contributed by atoms with E-state index in [1.54, 1.807) is 6.07 Å². The maximum absolute atomic E-state index is 11.3. The van der Waals surface area contributed by atoms with E-state index >= 15 is 0 Å². The zero-order valence-electron chi connectivity index (χ0n) is 13.6. The zero-order valence-corrected chi connectivity index (χ0v) is 14.5. The summed E-state index contributed by atoms with van der Waals surface area (Å²) in [5.41, 5.74) is 4.05. The van der Waals surface area contributed by atoms with Gasteiger partial charge in [-0.25, -0.2) is 4.57 Å². The second-order valence-corrected chi connectivity index (χ2v) is 7.01. The molecule has 0 aliphatic heterocycles. The first kappa shape index (κ1) is 17.4. The van der Waals surface area contributed by atoms with Crippen LogP contribution in [0.5, 0.6) is 5.75 Å². The number of phosphoric acid groups is 1. The summed E-state index contributed by atoms with van der Waals surface area (Å²) in [6, 6.07) is 25.2. The molecule has 0 aliphatic carbocycles. The summed E-state index contributed by atoms with van der Waals surface area (Å²) in [6.07, 6.45) is 1.29. The van der Waals surface area contributed by atoms with Crippen LogP contribution >= 0.6 is 7.82 Å². The van der Waals surface area contributed by atoms with Crippen LogP contribution in [-0.4, -0.2) is 9.79 Å². The molecular weight excluding hydrogens is 335 g/mol. The Morgan fingerprint density at radius 2 is 1.28 bits per heavy atom. The highest BCUT2D eigenvalue weighted by Gasteiger charge is 2.19. The molecule has 0 fully saturated rings. The summed E-state index contributed by atoms with van der Waals surface area (Å²) in [5, 5.41) is 0. The van der Waals surface area contributed by atoms with E-state index in [4.69, 9.17) is 14.3 Å². The van der Waals surface area contributed by atoms with Crippen LogP contribution in [0.2, 0.25) is 0 Å². The van der Waals surface area contributed by atoms with Crippen LogP contribution in [0, 0.1) is 0 Å². The molecule has 0 aromatic heterocycles. The molecule has 25 heavy (non-hydrogen) atoms. The van der Waals surface area contributed by atoms with Gasteiger partial charge in [0.2, 0.25) is 0 Å². The minimum Gasteiger partial charge on any atom is -0.404 e. The lowest BCUT2D eigenvalue weighted by Gasteiger charge is -2.14. The molecule has 2 N–H and O–H groups in total. The van der Waals surface area contributed by atoms with E-state index in [2.05, 4.69) is 12.1 Å². The fourth-order valence-corrected chi connectivity index (χ4v) is 3.18. The van der Waals surface area contributed by atoms with Crippen LogP contribution in [-0.2, 0) is 17.4 Å². The van der Waals surface area contributed by atoms with Gasteiger partial charge in [-0.05, 0) is 34.7 Å². The van der Waals surface area contributed by atoms with E-state index in [1.807, 2.05) is 60.7 Å². The molecule has 5 heteroatoms. The highest BCUT2D eigenvalue weighted by molar-refractivity contribution is 7.46. The first-order valence-corrected chi connectivity index (χ1v) is 9.47. The van der Waals surface area contributed by atoms with Crippen LogP contribution in [0.3, 0.4) is 0 Å². The summed E-state index contributed by atoms with van der Waals surface area (Å²) in [6.45, 7) is 0. The highest BCUT2D eigenvalue weighted by atomic mass is 31.2.